The minimum Gasteiger partial charge on any atom is -0.480 e. The smallest absolute Gasteiger partial charge is 0.326 e. The third kappa shape index (κ3) is 9.47. The summed E-state index contributed by atoms with van der Waals surface area (Å²) in [4.78, 5) is 68.8. The summed E-state index contributed by atoms with van der Waals surface area (Å²) in [6, 6.07) is -3.87. The van der Waals surface area contributed by atoms with Crippen LogP contribution in [0.1, 0.15) is 26.7 Å². The molecule has 13 nitrogen and oxygen atoms in total. The van der Waals surface area contributed by atoms with Gasteiger partial charge in [0.25, 0.3) is 0 Å². The summed E-state index contributed by atoms with van der Waals surface area (Å²) in [5.41, 5.74) is 15.6. The highest BCUT2D eigenvalue weighted by Gasteiger charge is 2.27. The van der Waals surface area contributed by atoms with Gasteiger partial charge >= 0.3 is 5.97 Å². The number of primary amides is 2. The van der Waals surface area contributed by atoms with Crippen LogP contribution in [0.3, 0.4) is 0 Å². The summed E-state index contributed by atoms with van der Waals surface area (Å²) in [5, 5.41) is 15.3. The van der Waals surface area contributed by atoms with Gasteiger partial charge in [-0.1, -0.05) is 13.8 Å². The summed E-state index contributed by atoms with van der Waals surface area (Å²) in [5.74, 6) is -6.06. The van der Waals surface area contributed by atoms with Crippen LogP contribution in [0, 0.1) is 5.92 Å². The van der Waals surface area contributed by atoms with Gasteiger partial charge in [-0.15, -0.1) is 0 Å². The van der Waals surface area contributed by atoms with E-state index < -0.39 is 73.0 Å². The number of hydrogen-bond acceptors (Lipinski definition) is 7. The first-order valence-electron chi connectivity index (χ1n) is 8.27. The lowest BCUT2D eigenvalue weighted by atomic mass is 10.0. The van der Waals surface area contributed by atoms with E-state index in [0.717, 1.165) is 0 Å². The second kappa shape index (κ2) is 11.5. The number of aliphatic carboxylic acids is 1. The highest BCUT2D eigenvalue weighted by atomic mass is 16.4. The van der Waals surface area contributed by atoms with Gasteiger partial charge in [0.15, 0.2) is 0 Å². The van der Waals surface area contributed by atoms with E-state index in [2.05, 4.69) is 10.6 Å². The highest BCUT2D eigenvalue weighted by molar-refractivity contribution is 5.95. The van der Waals surface area contributed by atoms with Crippen LogP contribution in [0.4, 0.5) is 0 Å². The van der Waals surface area contributed by atoms with Crippen LogP contribution in [0.5, 0.6) is 0 Å². The standard InChI is InChI=1S/C15H26N6O7/c1-6(2)12(18)14(26)21-7(3-9(16)22)13(25)19-5-11(24)20-8(15(27)28)4-10(17)23/h6-8,12H,3-5,18H2,1-2H3,(H2,16,22)(H2,17,23)(H,19,25)(H,20,24)(H,21,26)(H,27,28). The third-order valence-electron chi connectivity index (χ3n) is 3.52. The Balaban J connectivity index is 4.87. The Morgan fingerprint density at radius 2 is 1.36 bits per heavy atom. The number of nitrogens with one attached hydrogen (secondary N) is 3. The van der Waals surface area contributed by atoms with Gasteiger partial charge in [-0.3, -0.25) is 24.0 Å². The van der Waals surface area contributed by atoms with E-state index >= 15 is 0 Å². The molecule has 13 heteroatoms. The molecule has 28 heavy (non-hydrogen) atoms. The largest absolute Gasteiger partial charge is 0.480 e. The molecule has 158 valence electrons. The van der Waals surface area contributed by atoms with Crippen LogP contribution < -0.4 is 33.2 Å². The molecule has 0 heterocycles. The van der Waals surface area contributed by atoms with Crippen molar-refractivity contribution in [3.8, 4) is 0 Å². The number of rotatable bonds is 12. The van der Waals surface area contributed by atoms with Crippen molar-refractivity contribution in [2.45, 2.75) is 44.8 Å². The Bertz CT molecular complexity index is 636. The zero-order valence-electron chi connectivity index (χ0n) is 15.6. The van der Waals surface area contributed by atoms with E-state index in [1.807, 2.05) is 5.32 Å². The zero-order chi connectivity index (χ0) is 22.0. The summed E-state index contributed by atoms with van der Waals surface area (Å²) < 4.78 is 0. The van der Waals surface area contributed by atoms with Crippen molar-refractivity contribution in [1.82, 2.24) is 16.0 Å². The van der Waals surface area contributed by atoms with Gasteiger partial charge in [0.05, 0.1) is 25.4 Å². The fourth-order valence-corrected chi connectivity index (χ4v) is 1.92. The Labute approximate surface area is 160 Å². The first-order valence-corrected chi connectivity index (χ1v) is 8.27. The molecule has 0 aromatic heterocycles. The molecular formula is C15H26N6O7. The van der Waals surface area contributed by atoms with E-state index in [4.69, 9.17) is 22.3 Å². The molecule has 0 aliphatic rings. The van der Waals surface area contributed by atoms with Gasteiger partial charge in [0, 0.05) is 0 Å². The van der Waals surface area contributed by atoms with Crippen LogP contribution in [-0.4, -0.2) is 65.3 Å². The first kappa shape index (κ1) is 24.8. The molecule has 3 unspecified atom stereocenters. The third-order valence-corrected chi connectivity index (χ3v) is 3.52. The number of carbonyl (C=O) groups is 6. The van der Waals surface area contributed by atoms with Crippen LogP contribution in [-0.2, 0) is 28.8 Å². The molecular weight excluding hydrogens is 376 g/mol. The minimum absolute atomic E-state index is 0.235. The maximum Gasteiger partial charge on any atom is 0.326 e. The first-order chi connectivity index (χ1) is 12.8. The molecule has 0 radical (unpaired) electrons. The molecule has 0 aromatic rings. The van der Waals surface area contributed by atoms with Gasteiger partial charge in [-0.25, -0.2) is 4.79 Å². The van der Waals surface area contributed by atoms with Crippen molar-refractivity contribution >= 4 is 35.5 Å². The van der Waals surface area contributed by atoms with E-state index in [1.54, 1.807) is 13.8 Å². The van der Waals surface area contributed by atoms with Crippen molar-refractivity contribution < 1.29 is 33.9 Å². The molecule has 0 bridgehead atoms. The van der Waals surface area contributed by atoms with Gasteiger partial charge in [-0.05, 0) is 5.92 Å². The Morgan fingerprint density at radius 1 is 0.857 bits per heavy atom. The van der Waals surface area contributed by atoms with Crippen molar-refractivity contribution in [3.05, 3.63) is 0 Å². The van der Waals surface area contributed by atoms with E-state index in [1.165, 1.54) is 0 Å². The molecule has 10 N–H and O–H groups in total. The van der Waals surface area contributed by atoms with Gasteiger partial charge < -0.3 is 38.3 Å². The van der Waals surface area contributed by atoms with Crippen molar-refractivity contribution in [1.29, 1.82) is 0 Å². The average Bonchev–Trinajstić information content (AvgIpc) is 2.56. The molecule has 3 atom stereocenters. The van der Waals surface area contributed by atoms with Crippen LogP contribution >= 0.6 is 0 Å². The summed E-state index contributed by atoms with van der Waals surface area (Å²) in [6.45, 7) is 2.69. The van der Waals surface area contributed by atoms with Crippen LogP contribution in [0.25, 0.3) is 0 Å². The molecule has 0 rings (SSSR count). The Hall–Kier alpha value is -3.22. The molecule has 0 fully saturated rings. The van der Waals surface area contributed by atoms with Crippen LogP contribution in [0.2, 0.25) is 0 Å². The van der Waals surface area contributed by atoms with Gasteiger partial charge in [-0.2, -0.15) is 0 Å². The highest BCUT2D eigenvalue weighted by Crippen LogP contribution is 2.00. The molecule has 0 aromatic carbocycles. The molecule has 0 spiro atoms. The minimum atomic E-state index is -1.56. The quantitative estimate of drug-likeness (QED) is 0.169. The van der Waals surface area contributed by atoms with Gasteiger partial charge in [0.1, 0.15) is 12.1 Å². The van der Waals surface area contributed by atoms with Crippen molar-refractivity contribution in [3.63, 3.8) is 0 Å². The van der Waals surface area contributed by atoms with E-state index in [0.29, 0.717) is 0 Å². The Kier molecular flexibility index (Phi) is 10.2. The lowest BCUT2D eigenvalue weighted by Gasteiger charge is -2.21. The molecule has 0 aliphatic heterocycles. The summed E-state index contributed by atoms with van der Waals surface area (Å²) in [6.07, 6.45) is -1.17. The fraction of sp³-hybridized carbons (Fsp3) is 0.600. The number of carbonyl (C=O) groups excluding carboxylic acids is 5. The molecule has 0 saturated carbocycles. The Morgan fingerprint density at radius 3 is 1.79 bits per heavy atom. The van der Waals surface area contributed by atoms with Crippen LogP contribution in [0.15, 0.2) is 0 Å². The second-order valence-corrected chi connectivity index (χ2v) is 6.35. The second-order valence-electron chi connectivity index (χ2n) is 6.35. The molecule has 0 aliphatic carbocycles. The maximum absolute atomic E-state index is 12.2. The normalized spacial score (nSPS) is 13.7. The van der Waals surface area contributed by atoms with E-state index in [-0.39, 0.29) is 5.92 Å². The summed E-state index contributed by atoms with van der Waals surface area (Å²) in [7, 11) is 0. The maximum atomic E-state index is 12.2. The lowest BCUT2D eigenvalue weighted by molar-refractivity contribution is -0.143. The van der Waals surface area contributed by atoms with Gasteiger partial charge in [0.2, 0.25) is 29.5 Å². The number of carboxylic acid groups (broad SMARTS) is 1. The summed E-state index contributed by atoms with van der Waals surface area (Å²) >= 11 is 0. The molecule has 0 saturated heterocycles. The number of amides is 5. The molecule has 5 amide bonds. The van der Waals surface area contributed by atoms with E-state index in [9.17, 15) is 28.8 Å². The predicted molar refractivity (Wildman–Crippen MR) is 94.9 cm³/mol. The number of hydrogen-bond donors (Lipinski definition) is 7. The lowest BCUT2D eigenvalue weighted by Crippen LogP contribution is -2.55. The monoisotopic (exact) mass is 402 g/mol. The fourth-order valence-electron chi connectivity index (χ4n) is 1.92. The van der Waals surface area contributed by atoms with Crippen molar-refractivity contribution in [2.75, 3.05) is 6.54 Å². The SMILES string of the molecule is CC(C)C(N)C(=O)NC(CC(N)=O)C(=O)NCC(=O)NC(CC(N)=O)C(=O)O. The predicted octanol–water partition coefficient (Wildman–Crippen LogP) is -4.11. The average molecular weight is 402 g/mol. The topological polar surface area (TPSA) is 237 Å². The zero-order valence-corrected chi connectivity index (χ0v) is 15.6. The number of carboxylic acids is 1. The number of nitrogens with two attached hydrogens (primary N) is 3. The van der Waals surface area contributed by atoms with Crippen molar-refractivity contribution in [2.24, 2.45) is 23.1 Å².